The molecule has 3 unspecified atom stereocenters. The zero-order valence-corrected chi connectivity index (χ0v) is 23.9. The van der Waals surface area contributed by atoms with Gasteiger partial charge in [0.2, 0.25) is 0 Å². The third-order valence-corrected chi connectivity index (χ3v) is 14.2. The van der Waals surface area contributed by atoms with Gasteiger partial charge in [-0.25, -0.2) is 0 Å². The predicted molar refractivity (Wildman–Crippen MR) is 153 cm³/mol. The van der Waals surface area contributed by atoms with Crippen molar-refractivity contribution in [3.63, 3.8) is 0 Å². The Kier molecular flexibility index (Phi) is 6.07. The molecule has 12 atom stereocenters. The predicted octanol–water partition coefficient (Wildman–Crippen LogP) is 1.61. The van der Waals surface area contributed by atoms with E-state index in [4.69, 9.17) is 34.4 Å². The van der Waals surface area contributed by atoms with Crippen LogP contribution >= 0.6 is 0 Å². The zero-order valence-electron chi connectivity index (χ0n) is 23.9. The van der Waals surface area contributed by atoms with Gasteiger partial charge >= 0.3 is 0 Å². The van der Waals surface area contributed by atoms with Gasteiger partial charge in [0.25, 0.3) is 0 Å². The maximum absolute atomic E-state index is 7.22. The van der Waals surface area contributed by atoms with Crippen LogP contribution in [-0.4, -0.2) is 45.1 Å². The van der Waals surface area contributed by atoms with Crippen molar-refractivity contribution in [1.29, 1.82) is 0 Å². The third kappa shape index (κ3) is 2.97. The van der Waals surface area contributed by atoms with Crippen LogP contribution in [0.2, 0.25) is 5.31 Å². The summed E-state index contributed by atoms with van der Waals surface area (Å²) in [5, 5.41) is 0.235. The number of allylic oxidation sites excluding steroid dienone is 2. The SMILES string of the molecule is B[C@]12CC[C@H](N)[C@](C)(CN)C1CC[C@]1(C)C2CC=C2C3CC(C)(C)[C@@H](N)[C@H](N)[C@]3(CN)[C@H](N)C[C@]21C. The molecule has 4 saturated carbocycles. The van der Waals surface area contributed by atoms with Crippen molar-refractivity contribution in [3.05, 3.63) is 11.6 Å². The minimum atomic E-state index is -0.333. The molecule has 0 saturated heterocycles. The van der Waals surface area contributed by atoms with E-state index in [0.29, 0.717) is 30.8 Å². The highest BCUT2D eigenvalue weighted by atomic mass is 14.9. The first-order chi connectivity index (χ1) is 16.6. The van der Waals surface area contributed by atoms with Crippen molar-refractivity contribution in [1.82, 2.24) is 0 Å². The lowest BCUT2D eigenvalue weighted by molar-refractivity contribution is -0.144. The fraction of sp³-hybridized carbons (Fsp3) is 0.931. The molecular weight excluding hydrogens is 443 g/mol. The van der Waals surface area contributed by atoms with Crippen LogP contribution in [0, 0.1) is 44.8 Å². The number of rotatable bonds is 2. The Bertz CT molecular complexity index is 939. The smallest absolute Gasteiger partial charge is 0.110 e. The Morgan fingerprint density at radius 1 is 0.833 bits per heavy atom. The second kappa shape index (κ2) is 8.05. The molecule has 5 aliphatic carbocycles. The molecular formula is C29H55BN6. The maximum Gasteiger partial charge on any atom is 0.110 e. The first-order valence-corrected chi connectivity index (χ1v) is 14.7. The normalized spacial score (nSPS) is 58.1. The minimum absolute atomic E-state index is 0.00714. The Balaban J connectivity index is 1.63. The summed E-state index contributed by atoms with van der Waals surface area (Å²) in [6.45, 7) is 13.3. The van der Waals surface area contributed by atoms with E-state index in [2.05, 4.69) is 48.5 Å². The van der Waals surface area contributed by atoms with E-state index in [9.17, 15) is 0 Å². The Hall–Kier alpha value is -0.435. The lowest BCUT2D eigenvalue weighted by atomic mass is 9.29. The highest BCUT2D eigenvalue weighted by molar-refractivity contribution is 6.16. The van der Waals surface area contributed by atoms with E-state index in [1.54, 1.807) is 5.57 Å². The summed E-state index contributed by atoms with van der Waals surface area (Å²) in [4.78, 5) is 0. The number of fused-ring (bicyclic) bond motifs is 7. The quantitative estimate of drug-likeness (QED) is 0.251. The van der Waals surface area contributed by atoms with Crippen molar-refractivity contribution >= 4 is 7.85 Å². The molecule has 0 aliphatic heterocycles. The lowest BCUT2D eigenvalue weighted by Crippen LogP contribution is -2.76. The van der Waals surface area contributed by atoms with Gasteiger partial charge < -0.3 is 34.4 Å². The second-order valence-corrected chi connectivity index (χ2v) is 15.6. The molecule has 5 rings (SSSR count). The summed E-state index contributed by atoms with van der Waals surface area (Å²) in [6.07, 6.45) is 10.4. The van der Waals surface area contributed by atoms with E-state index in [-0.39, 0.29) is 56.6 Å². The zero-order chi connectivity index (χ0) is 26.7. The molecule has 0 amide bonds. The Morgan fingerprint density at radius 2 is 1.50 bits per heavy atom. The summed E-state index contributed by atoms with van der Waals surface area (Å²) < 4.78 is 0. The molecule has 0 aromatic rings. The molecule has 12 N–H and O–H groups in total. The average Bonchev–Trinajstić information content (AvgIpc) is 2.81. The highest BCUT2D eigenvalue weighted by Crippen LogP contribution is 2.76. The molecule has 0 bridgehead atoms. The molecule has 0 radical (unpaired) electrons. The number of nitrogens with two attached hydrogens (primary N) is 6. The fourth-order valence-corrected chi connectivity index (χ4v) is 11.4. The summed E-state index contributed by atoms with van der Waals surface area (Å²) in [5.74, 6) is 1.45. The summed E-state index contributed by atoms with van der Waals surface area (Å²) >= 11 is 0. The topological polar surface area (TPSA) is 156 Å². The molecule has 0 aromatic carbocycles. The van der Waals surface area contributed by atoms with Crippen LogP contribution in [0.15, 0.2) is 11.6 Å². The molecule has 6 nitrogen and oxygen atoms in total. The van der Waals surface area contributed by atoms with E-state index < -0.39 is 0 Å². The van der Waals surface area contributed by atoms with Crippen LogP contribution < -0.4 is 34.4 Å². The number of hydrogen-bond donors (Lipinski definition) is 6. The van der Waals surface area contributed by atoms with Crippen LogP contribution in [0.5, 0.6) is 0 Å². The minimum Gasteiger partial charge on any atom is -0.330 e. The van der Waals surface area contributed by atoms with Crippen LogP contribution in [0.3, 0.4) is 0 Å². The van der Waals surface area contributed by atoms with Gasteiger partial charge in [0, 0.05) is 36.1 Å². The summed E-state index contributed by atoms with van der Waals surface area (Å²) in [7, 11) is 2.58. The van der Waals surface area contributed by atoms with Crippen LogP contribution in [0.4, 0.5) is 0 Å². The molecule has 5 aliphatic rings. The monoisotopic (exact) mass is 498 g/mol. The first kappa shape index (κ1) is 27.1. The molecule has 0 spiro atoms. The van der Waals surface area contributed by atoms with Crippen molar-refractivity contribution in [2.75, 3.05) is 13.1 Å². The van der Waals surface area contributed by atoms with Gasteiger partial charge in [-0.05, 0) is 84.5 Å². The third-order valence-electron chi connectivity index (χ3n) is 14.2. The highest BCUT2D eigenvalue weighted by Gasteiger charge is 2.71. The largest absolute Gasteiger partial charge is 0.330 e. The second-order valence-electron chi connectivity index (χ2n) is 15.6. The van der Waals surface area contributed by atoms with Crippen molar-refractivity contribution in [3.8, 4) is 0 Å². The Labute approximate surface area is 220 Å². The van der Waals surface area contributed by atoms with Crippen LogP contribution in [0.1, 0.15) is 79.6 Å². The first-order valence-electron chi connectivity index (χ1n) is 14.7. The summed E-state index contributed by atoms with van der Waals surface area (Å²) in [6, 6.07) is -0.156. The van der Waals surface area contributed by atoms with Crippen molar-refractivity contribution in [2.45, 2.75) is 109 Å². The van der Waals surface area contributed by atoms with E-state index in [1.807, 2.05) is 0 Å². The molecule has 0 heterocycles. The van der Waals surface area contributed by atoms with Gasteiger partial charge in [-0.2, -0.15) is 0 Å². The van der Waals surface area contributed by atoms with E-state index >= 15 is 0 Å². The van der Waals surface area contributed by atoms with Crippen molar-refractivity contribution < 1.29 is 0 Å². The number of hydrogen-bond acceptors (Lipinski definition) is 6. The van der Waals surface area contributed by atoms with Gasteiger partial charge in [0.15, 0.2) is 0 Å². The van der Waals surface area contributed by atoms with Gasteiger partial charge in [-0.15, -0.1) is 0 Å². The summed E-state index contributed by atoms with van der Waals surface area (Å²) in [5.41, 5.74) is 42.2. The Morgan fingerprint density at radius 3 is 2.11 bits per heavy atom. The maximum atomic E-state index is 7.22. The van der Waals surface area contributed by atoms with Crippen LogP contribution in [-0.2, 0) is 0 Å². The van der Waals surface area contributed by atoms with Gasteiger partial charge in [-0.3, -0.25) is 0 Å². The molecule has 0 aromatic heterocycles. The van der Waals surface area contributed by atoms with Gasteiger partial charge in [0.1, 0.15) is 7.85 Å². The molecule has 204 valence electrons. The van der Waals surface area contributed by atoms with Crippen LogP contribution in [0.25, 0.3) is 0 Å². The van der Waals surface area contributed by atoms with Gasteiger partial charge in [0.05, 0.1) is 0 Å². The lowest BCUT2D eigenvalue weighted by Gasteiger charge is -2.73. The molecule has 36 heavy (non-hydrogen) atoms. The average molecular weight is 499 g/mol. The molecule has 7 heteroatoms. The fourth-order valence-electron chi connectivity index (χ4n) is 11.4. The van der Waals surface area contributed by atoms with Gasteiger partial charge in [-0.1, -0.05) is 58.0 Å². The van der Waals surface area contributed by atoms with E-state index in [0.717, 1.165) is 25.7 Å². The molecule has 4 fully saturated rings. The van der Waals surface area contributed by atoms with E-state index in [1.165, 1.54) is 19.3 Å². The van der Waals surface area contributed by atoms with Crippen molar-refractivity contribution in [2.24, 2.45) is 79.2 Å². The standard InChI is InChI=1S/C29H55BN6/c1-24(2)12-17-16-6-7-19-26(4,10-8-18-25(3,14-31)20(33)9-11-29(18,19)30)27(16,5)13-21(34)28(17,15-32)23(36)22(24)35/h6,17-23H,7-15,30-36H2,1-5H3/t17?,18?,19?,20-,21+,22-,23-,25+,26+,27+,28-,29+/m0/s1.